The minimum atomic E-state index is -0.346. The zero-order valence-corrected chi connectivity index (χ0v) is 12.9. The summed E-state index contributed by atoms with van der Waals surface area (Å²) in [6.07, 6.45) is 0. The Morgan fingerprint density at radius 1 is 1.26 bits per heavy atom. The van der Waals surface area contributed by atoms with Crippen molar-refractivity contribution in [1.82, 2.24) is 0 Å². The van der Waals surface area contributed by atoms with Crippen molar-refractivity contribution in [1.29, 1.82) is 0 Å². The van der Waals surface area contributed by atoms with Crippen LogP contribution in [0.4, 0.5) is 5.69 Å². The Labute approximate surface area is 133 Å². The number of benzene rings is 2. The van der Waals surface area contributed by atoms with Gasteiger partial charge in [0, 0.05) is 11.1 Å². The number of carbonyl (C=O) groups excluding carboxylic acids is 1. The molecule has 0 spiro atoms. The Balaban J connectivity index is 1.92. The fraction of sp³-hybridized carbons (Fsp3) is 0.167. The molecule has 0 saturated heterocycles. The van der Waals surface area contributed by atoms with Gasteiger partial charge in [-0.25, -0.2) is 0 Å². The number of rotatable bonds is 4. The molecule has 0 aliphatic rings. The van der Waals surface area contributed by atoms with E-state index in [0.29, 0.717) is 17.0 Å². The summed E-state index contributed by atoms with van der Waals surface area (Å²) < 4.78 is 10.9. The molecule has 0 radical (unpaired) electrons. The quantitative estimate of drug-likeness (QED) is 0.773. The molecule has 1 aromatic heterocycles. The van der Waals surface area contributed by atoms with Gasteiger partial charge in [-0.2, -0.15) is 0 Å². The fourth-order valence-electron chi connectivity index (χ4n) is 2.40. The van der Waals surface area contributed by atoms with Crippen molar-refractivity contribution in [2.45, 2.75) is 13.5 Å². The lowest BCUT2D eigenvalue weighted by atomic mass is 10.1. The van der Waals surface area contributed by atoms with Gasteiger partial charge in [-0.05, 0) is 36.2 Å². The van der Waals surface area contributed by atoms with E-state index in [0.717, 1.165) is 16.5 Å². The summed E-state index contributed by atoms with van der Waals surface area (Å²) in [6.45, 7) is 1.81. The second kappa shape index (κ2) is 6.14. The number of nitrogens with one attached hydrogen (secondary N) is 1. The van der Waals surface area contributed by atoms with Crippen molar-refractivity contribution in [2.75, 3.05) is 12.4 Å². The Hall–Kier alpha value is -2.79. The number of para-hydroxylation sites is 1. The molecule has 2 N–H and O–H groups in total. The zero-order valence-electron chi connectivity index (χ0n) is 12.9. The molecule has 1 heterocycles. The first-order chi connectivity index (χ1) is 11.1. The molecule has 0 atom stereocenters. The Kier molecular flexibility index (Phi) is 4.04. The predicted molar refractivity (Wildman–Crippen MR) is 87.8 cm³/mol. The molecular weight excluding hydrogens is 294 g/mol. The molecule has 118 valence electrons. The number of hydrogen-bond donors (Lipinski definition) is 2. The minimum absolute atomic E-state index is 0.0784. The maximum atomic E-state index is 12.4. The zero-order chi connectivity index (χ0) is 16.4. The van der Waals surface area contributed by atoms with E-state index in [4.69, 9.17) is 9.15 Å². The fourth-order valence-corrected chi connectivity index (χ4v) is 2.40. The van der Waals surface area contributed by atoms with Crippen LogP contribution < -0.4 is 10.1 Å². The van der Waals surface area contributed by atoms with Crippen LogP contribution in [0.2, 0.25) is 0 Å². The maximum absolute atomic E-state index is 12.4. The van der Waals surface area contributed by atoms with Gasteiger partial charge < -0.3 is 19.6 Å². The largest absolute Gasteiger partial charge is 0.493 e. The summed E-state index contributed by atoms with van der Waals surface area (Å²) in [5, 5.41) is 12.8. The average molecular weight is 311 g/mol. The highest BCUT2D eigenvalue weighted by molar-refractivity contribution is 6.05. The Morgan fingerprint density at radius 3 is 2.83 bits per heavy atom. The highest BCUT2D eigenvalue weighted by atomic mass is 16.5. The smallest absolute Gasteiger partial charge is 0.291 e. The van der Waals surface area contributed by atoms with E-state index in [1.54, 1.807) is 25.3 Å². The molecule has 23 heavy (non-hydrogen) atoms. The maximum Gasteiger partial charge on any atom is 0.291 e. The monoisotopic (exact) mass is 311 g/mol. The third kappa shape index (κ3) is 2.91. The Morgan fingerprint density at radius 2 is 2.09 bits per heavy atom. The third-order valence-electron chi connectivity index (χ3n) is 3.68. The number of aryl methyl sites for hydroxylation is 1. The summed E-state index contributed by atoms with van der Waals surface area (Å²) in [5.41, 5.74) is 2.83. The van der Waals surface area contributed by atoms with E-state index in [1.165, 1.54) is 0 Å². The molecule has 0 aliphatic carbocycles. The van der Waals surface area contributed by atoms with Crippen molar-refractivity contribution >= 4 is 22.6 Å². The van der Waals surface area contributed by atoms with Gasteiger partial charge in [-0.1, -0.05) is 24.3 Å². The lowest BCUT2D eigenvalue weighted by molar-refractivity contribution is 0.0998. The first-order valence-corrected chi connectivity index (χ1v) is 7.20. The first-order valence-electron chi connectivity index (χ1n) is 7.20. The number of furan rings is 1. The number of ether oxygens (including phenoxy) is 1. The molecule has 0 bridgehead atoms. The van der Waals surface area contributed by atoms with Crippen molar-refractivity contribution in [2.24, 2.45) is 0 Å². The van der Waals surface area contributed by atoms with Gasteiger partial charge in [0.25, 0.3) is 5.91 Å². The van der Waals surface area contributed by atoms with Crippen LogP contribution in [0.1, 0.15) is 21.7 Å². The third-order valence-corrected chi connectivity index (χ3v) is 3.68. The van der Waals surface area contributed by atoms with Gasteiger partial charge in [-0.3, -0.25) is 4.79 Å². The Bertz CT molecular complexity index is 867. The van der Waals surface area contributed by atoms with Crippen molar-refractivity contribution in [3.05, 3.63) is 59.4 Å². The number of aliphatic hydroxyl groups excluding tert-OH is 1. The molecule has 3 aromatic rings. The van der Waals surface area contributed by atoms with E-state index in [1.807, 2.05) is 31.2 Å². The number of aliphatic hydroxyl groups is 1. The summed E-state index contributed by atoms with van der Waals surface area (Å²) >= 11 is 0. The molecule has 5 heteroatoms. The van der Waals surface area contributed by atoms with E-state index >= 15 is 0 Å². The van der Waals surface area contributed by atoms with Crippen molar-refractivity contribution in [3.63, 3.8) is 0 Å². The molecule has 1 amide bonds. The van der Waals surface area contributed by atoms with Gasteiger partial charge in [-0.15, -0.1) is 0 Å². The molecule has 0 unspecified atom stereocenters. The highest BCUT2D eigenvalue weighted by Crippen LogP contribution is 2.29. The van der Waals surface area contributed by atoms with Crippen LogP contribution in [0.5, 0.6) is 5.75 Å². The average Bonchev–Trinajstić information content (AvgIpc) is 3.01. The van der Waals surface area contributed by atoms with Crippen LogP contribution in [0.25, 0.3) is 11.0 Å². The van der Waals surface area contributed by atoms with Crippen LogP contribution in [0.15, 0.2) is 46.9 Å². The number of amides is 1. The second-order valence-corrected chi connectivity index (χ2v) is 5.25. The first kappa shape index (κ1) is 15.1. The summed E-state index contributed by atoms with van der Waals surface area (Å²) in [5.74, 6) is 0.444. The lowest BCUT2D eigenvalue weighted by Crippen LogP contribution is -2.12. The van der Waals surface area contributed by atoms with Crippen LogP contribution in [-0.4, -0.2) is 18.1 Å². The topological polar surface area (TPSA) is 71.7 Å². The molecule has 0 saturated carbocycles. The van der Waals surface area contributed by atoms with Crippen molar-refractivity contribution < 1.29 is 19.1 Å². The van der Waals surface area contributed by atoms with E-state index in [9.17, 15) is 9.90 Å². The van der Waals surface area contributed by atoms with Crippen molar-refractivity contribution in [3.8, 4) is 5.75 Å². The number of carbonyl (C=O) groups is 1. The van der Waals surface area contributed by atoms with Gasteiger partial charge >= 0.3 is 0 Å². The van der Waals surface area contributed by atoms with E-state index in [2.05, 4.69) is 5.32 Å². The predicted octanol–water partition coefficient (Wildman–Crippen LogP) is 3.49. The molecule has 0 fully saturated rings. The number of anilines is 1. The lowest BCUT2D eigenvalue weighted by Gasteiger charge is -2.08. The van der Waals surface area contributed by atoms with Crippen LogP contribution in [0, 0.1) is 6.92 Å². The highest BCUT2D eigenvalue weighted by Gasteiger charge is 2.15. The number of fused-ring (bicyclic) bond motifs is 1. The molecule has 5 nitrogen and oxygen atoms in total. The van der Waals surface area contributed by atoms with Crippen LogP contribution in [0.3, 0.4) is 0 Å². The summed E-state index contributed by atoms with van der Waals surface area (Å²) in [7, 11) is 1.56. The van der Waals surface area contributed by atoms with Gasteiger partial charge in [0.15, 0.2) is 17.1 Å². The minimum Gasteiger partial charge on any atom is -0.493 e. The second-order valence-electron chi connectivity index (χ2n) is 5.25. The molecule has 2 aromatic carbocycles. The number of hydrogen-bond acceptors (Lipinski definition) is 4. The standard InChI is InChI=1S/C18H17NO4/c1-11-6-7-12(10-20)8-14(11)19-18(21)16-9-13-4-3-5-15(22-2)17(13)23-16/h3-9,20H,10H2,1-2H3,(H,19,21). The van der Waals surface area contributed by atoms with E-state index in [-0.39, 0.29) is 18.3 Å². The van der Waals surface area contributed by atoms with Gasteiger partial charge in [0.2, 0.25) is 0 Å². The van der Waals surface area contributed by atoms with Gasteiger partial charge in [0.05, 0.1) is 13.7 Å². The molecule has 3 rings (SSSR count). The van der Waals surface area contributed by atoms with Crippen LogP contribution >= 0.6 is 0 Å². The van der Waals surface area contributed by atoms with Crippen LogP contribution in [-0.2, 0) is 6.61 Å². The van der Waals surface area contributed by atoms with Gasteiger partial charge in [0.1, 0.15) is 0 Å². The van der Waals surface area contributed by atoms with E-state index < -0.39 is 0 Å². The summed E-state index contributed by atoms with van der Waals surface area (Å²) in [6, 6.07) is 12.6. The SMILES string of the molecule is COc1cccc2cc(C(=O)Nc3cc(CO)ccc3C)oc12. The molecule has 0 aliphatic heterocycles. The summed E-state index contributed by atoms with van der Waals surface area (Å²) in [4.78, 5) is 12.4. The molecular formula is C18H17NO4. The number of methoxy groups -OCH3 is 1. The normalized spacial score (nSPS) is 10.7.